The van der Waals surface area contributed by atoms with Crippen LogP contribution in [0, 0.1) is 0 Å². The molecular weight excluding hydrogens is 196 g/mol. The lowest BCUT2D eigenvalue weighted by atomic mass is 10.4. The second-order valence-corrected chi connectivity index (χ2v) is 2.80. The molecule has 0 rings (SSSR count). The van der Waals surface area contributed by atoms with E-state index in [1.807, 2.05) is 6.92 Å². The molecule has 0 aliphatic carbocycles. The second kappa shape index (κ2) is 9.12. The average molecular weight is 214 g/mol. The van der Waals surface area contributed by atoms with Crippen LogP contribution < -0.4 is 0 Å². The van der Waals surface area contributed by atoms with Gasteiger partial charge in [-0.25, -0.2) is 4.79 Å². The summed E-state index contributed by atoms with van der Waals surface area (Å²) < 4.78 is 14.7. The maximum absolute atomic E-state index is 11.2. The molecule has 0 fully saturated rings. The van der Waals surface area contributed by atoms with Crippen LogP contribution in [-0.4, -0.2) is 25.8 Å². The van der Waals surface area contributed by atoms with Gasteiger partial charge in [-0.2, -0.15) is 0 Å². The Balaban J connectivity index is 3.51. The number of rotatable bonds is 9. The number of unbranched alkanes of at least 4 members (excludes halogenated alkanes) is 1. The van der Waals surface area contributed by atoms with Crippen LogP contribution in [0.15, 0.2) is 25.2 Å². The molecule has 0 unspecified atom stereocenters. The normalized spacial score (nSPS) is 9.13. The highest BCUT2D eigenvalue weighted by molar-refractivity contribution is 5.85. The van der Waals surface area contributed by atoms with Gasteiger partial charge in [-0.05, 0) is 13.0 Å². The summed E-state index contributed by atoms with van der Waals surface area (Å²) in [5.41, 5.74) is 0. The van der Waals surface area contributed by atoms with Gasteiger partial charge in [-0.3, -0.25) is 0 Å². The molecule has 0 amide bonds. The first-order valence-corrected chi connectivity index (χ1v) is 4.93. The summed E-state index contributed by atoms with van der Waals surface area (Å²) in [4.78, 5) is 11.2. The van der Waals surface area contributed by atoms with Crippen LogP contribution >= 0.6 is 0 Å². The number of hydrogen-bond donors (Lipinski definition) is 0. The lowest BCUT2D eigenvalue weighted by Crippen LogP contribution is -2.12. The largest absolute Gasteiger partial charge is 0.498 e. The molecule has 0 saturated heterocycles. The van der Waals surface area contributed by atoms with Gasteiger partial charge in [0.1, 0.15) is 13.2 Å². The molecule has 0 aromatic rings. The molecule has 0 aliphatic rings. The molecule has 0 N–H and O–H groups in total. The van der Waals surface area contributed by atoms with E-state index in [9.17, 15) is 4.79 Å². The Labute approximate surface area is 90.5 Å². The van der Waals surface area contributed by atoms with Crippen molar-refractivity contribution in [3.05, 3.63) is 25.2 Å². The van der Waals surface area contributed by atoms with Gasteiger partial charge in [0.05, 0.1) is 12.9 Å². The van der Waals surface area contributed by atoms with E-state index in [2.05, 4.69) is 13.2 Å². The molecule has 15 heavy (non-hydrogen) atoms. The Morgan fingerprint density at radius 2 is 2.00 bits per heavy atom. The Bertz CT molecular complexity index is 211. The van der Waals surface area contributed by atoms with Crippen LogP contribution in [-0.2, 0) is 19.0 Å². The van der Waals surface area contributed by atoms with Crippen LogP contribution in [0.4, 0.5) is 0 Å². The molecule has 0 atom stereocenters. The molecule has 0 aliphatic heterocycles. The first kappa shape index (κ1) is 13.5. The standard InChI is InChI=1S/C11H18O4/c1-4-6-7-15-11(12)10(3)14-9-8-13-5-2/h5H,2-4,6-9H2,1H3. The zero-order chi connectivity index (χ0) is 11.5. The second-order valence-electron chi connectivity index (χ2n) is 2.80. The molecular formula is C11H18O4. The number of carbonyl (C=O) groups is 1. The first-order chi connectivity index (χ1) is 7.22. The molecule has 0 bridgehead atoms. The predicted molar refractivity (Wildman–Crippen MR) is 57.1 cm³/mol. The summed E-state index contributed by atoms with van der Waals surface area (Å²) in [5.74, 6) is -0.499. The molecule has 4 nitrogen and oxygen atoms in total. The summed E-state index contributed by atoms with van der Waals surface area (Å²) in [5, 5.41) is 0. The minimum atomic E-state index is -0.512. The van der Waals surface area contributed by atoms with Crippen LogP contribution in [0.3, 0.4) is 0 Å². The minimum absolute atomic E-state index is 0.0127. The van der Waals surface area contributed by atoms with E-state index in [4.69, 9.17) is 14.2 Å². The Hall–Kier alpha value is -1.45. The third-order valence-electron chi connectivity index (χ3n) is 1.55. The van der Waals surface area contributed by atoms with Crippen LogP contribution in [0.5, 0.6) is 0 Å². The number of hydrogen-bond acceptors (Lipinski definition) is 4. The highest BCUT2D eigenvalue weighted by Gasteiger charge is 2.08. The van der Waals surface area contributed by atoms with Gasteiger partial charge in [0.2, 0.25) is 0 Å². The molecule has 0 saturated carbocycles. The van der Waals surface area contributed by atoms with E-state index >= 15 is 0 Å². The molecule has 86 valence electrons. The summed E-state index contributed by atoms with van der Waals surface area (Å²) in [6, 6.07) is 0. The van der Waals surface area contributed by atoms with Crippen LogP contribution in [0.25, 0.3) is 0 Å². The van der Waals surface area contributed by atoms with E-state index in [0.29, 0.717) is 13.2 Å². The Morgan fingerprint density at radius 1 is 1.27 bits per heavy atom. The topological polar surface area (TPSA) is 44.8 Å². The zero-order valence-corrected chi connectivity index (χ0v) is 9.16. The van der Waals surface area contributed by atoms with Crippen LogP contribution in [0.1, 0.15) is 19.8 Å². The quantitative estimate of drug-likeness (QED) is 0.255. The zero-order valence-electron chi connectivity index (χ0n) is 9.16. The van der Waals surface area contributed by atoms with Crippen molar-refractivity contribution in [3.8, 4) is 0 Å². The summed E-state index contributed by atoms with van der Waals surface area (Å²) in [6.45, 7) is 9.84. The lowest BCUT2D eigenvalue weighted by molar-refractivity contribution is -0.143. The predicted octanol–water partition coefficient (Wildman–Crippen LogP) is 2.02. The maximum atomic E-state index is 11.2. The molecule has 4 heteroatoms. The van der Waals surface area contributed by atoms with Crippen molar-refractivity contribution in [2.24, 2.45) is 0 Å². The van der Waals surface area contributed by atoms with E-state index < -0.39 is 5.97 Å². The highest BCUT2D eigenvalue weighted by Crippen LogP contribution is 1.99. The fourth-order valence-electron chi connectivity index (χ4n) is 0.745. The Morgan fingerprint density at radius 3 is 2.60 bits per heavy atom. The van der Waals surface area contributed by atoms with Gasteiger partial charge < -0.3 is 14.2 Å². The van der Waals surface area contributed by atoms with Gasteiger partial charge in [0, 0.05) is 0 Å². The van der Waals surface area contributed by atoms with Crippen molar-refractivity contribution < 1.29 is 19.0 Å². The minimum Gasteiger partial charge on any atom is -0.498 e. The molecule has 0 spiro atoms. The van der Waals surface area contributed by atoms with Crippen LogP contribution in [0.2, 0.25) is 0 Å². The van der Waals surface area contributed by atoms with Crippen molar-refractivity contribution in [1.29, 1.82) is 0 Å². The van der Waals surface area contributed by atoms with Crippen molar-refractivity contribution >= 4 is 5.97 Å². The van der Waals surface area contributed by atoms with Gasteiger partial charge in [0.25, 0.3) is 0 Å². The summed E-state index contributed by atoms with van der Waals surface area (Å²) >= 11 is 0. The molecule has 0 aromatic carbocycles. The molecule has 0 heterocycles. The van der Waals surface area contributed by atoms with E-state index in [1.165, 1.54) is 6.26 Å². The highest BCUT2D eigenvalue weighted by atomic mass is 16.6. The number of ether oxygens (including phenoxy) is 3. The lowest BCUT2D eigenvalue weighted by Gasteiger charge is -2.08. The van der Waals surface area contributed by atoms with E-state index in [1.54, 1.807) is 0 Å². The molecule has 0 aromatic heterocycles. The van der Waals surface area contributed by atoms with Crippen molar-refractivity contribution in [1.82, 2.24) is 0 Å². The van der Waals surface area contributed by atoms with Gasteiger partial charge in [-0.15, -0.1) is 0 Å². The van der Waals surface area contributed by atoms with E-state index in [-0.39, 0.29) is 12.4 Å². The third kappa shape index (κ3) is 7.61. The average Bonchev–Trinajstić information content (AvgIpc) is 2.24. The molecule has 0 radical (unpaired) electrons. The summed E-state index contributed by atoms with van der Waals surface area (Å²) in [6.07, 6.45) is 3.14. The van der Waals surface area contributed by atoms with E-state index in [0.717, 1.165) is 12.8 Å². The maximum Gasteiger partial charge on any atom is 0.372 e. The van der Waals surface area contributed by atoms with Crippen molar-refractivity contribution in [3.63, 3.8) is 0 Å². The fourth-order valence-corrected chi connectivity index (χ4v) is 0.745. The smallest absolute Gasteiger partial charge is 0.372 e. The van der Waals surface area contributed by atoms with Crippen molar-refractivity contribution in [2.75, 3.05) is 19.8 Å². The SMILES string of the molecule is C=COCCOC(=C)C(=O)OCCCC. The summed E-state index contributed by atoms with van der Waals surface area (Å²) in [7, 11) is 0. The Kier molecular flexibility index (Phi) is 8.24. The first-order valence-electron chi connectivity index (χ1n) is 4.93. The van der Waals surface area contributed by atoms with Crippen molar-refractivity contribution in [2.45, 2.75) is 19.8 Å². The fraction of sp³-hybridized carbons (Fsp3) is 0.545. The van der Waals surface area contributed by atoms with Gasteiger partial charge in [0.15, 0.2) is 5.76 Å². The number of esters is 1. The third-order valence-corrected chi connectivity index (χ3v) is 1.55. The monoisotopic (exact) mass is 214 g/mol. The van der Waals surface area contributed by atoms with Gasteiger partial charge in [-0.1, -0.05) is 19.9 Å². The number of carbonyl (C=O) groups excluding carboxylic acids is 1. The van der Waals surface area contributed by atoms with Gasteiger partial charge >= 0.3 is 5.97 Å².